The second kappa shape index (κ2) is 13.2. The maximum Gasteiger partial charge on any atom is 0.195 e. The van der Waals surface area contributed by atoms with Crippen molar-refractivity contribution in [1.29, 1.82) is 0 Å². The van der Waals surface area contributed by atoms with Crippen molar-refractivity contribution in [2.75, 3.05) is 53.1 Å². The first kappa shape index (κ1) is 26.7. The van der Waals surface area contributed by atoms with Gasteiger partial charge < -0.3 is 24.8 Å². The minimum absolute atomic E-state index is 0.108. The quantitative estimate of drug-likeness (QED) is 0.348. The van der Waals surface area contributed by atoms with Crippen LogP contribution in [-0.2, 0) is 14.3 Å². The Labute approximate surface area is 207 Å². The van der Waals surface area contributed by atoms with Crippen LogP contribution >= 0.6 is 0 Å². The molecule has 35 heavy (non-hydrogen) atoms. The Morgan fingerprint density at radius 3 is 2.69 bits per heavy atom. The van der Waals surface area contributed by atoms with Crippen molar-refractivity contribution in [1.82, 2.24) is 15.5 Å². The fraction of sp³-hybridized carbons (Fsp3) is 0.444. The van der Waals surface area contributed by atoms with E-state index in [4.69, 9.17) is 14.2 Å². The van der Waals surface area contributed by atoms with Crippen LogP contribution in [0.1, 0.15) is 18.9 Å². The summed E-state index contributed by atoms with van der Waals surface area (Å²) in [6.07, 6.45) is 3.29. The Bertz CT molecular complexity index is 948. The van der Waals surface area contributed by atoms with Gasteiger partial charge in [0, 0.05) is 50.1 Å². The summed E-state index contributed by atoms with van der Waals surface area (Å²) in [4.78, 5) is 15.5. The molecule has 2 aliphatic heterocycles. The van der Waals surface area contributed by atoms with Crippen molar-refractivity contribution in [2.24, 2.45) is 0 Å². The van der Waals surface area contributed by atoms with Crippen molar-refractivity contribution in [2.45, 2.75) is 25.5 Å². The van der Waals surface area contributed by atoms with Gasteiger partial charge in [0.05, 0.1) is 44.6 Å². The Kier molecular flexibility index (Phi) is 10.1. The molecule has 2 N–H and O–H groups in total. The van der Waals surface area contributed by atoms with Crippen molar-refractivity contribution in [3.8, 4) is 5.75 Å². The molecule has 8 heteroatoms. The molecule has 1 fully saturated rings. The minimum atomic E-state index is -0.528. The molecule has 0 spiro atoms. The van der Waals surface area contributed by atoms with Gasteiger partial charge in [-0.25, -0.2) is 4.39 Å². The van der Waals surface area contributed by atoms with E-state index in [1.54, 1.807) is 43.7 Å². The number of carbonyl (C=O) groups is 1. The third kappa shape index (κ3) is 7.52. The van der Waals surface area contributed by atoms with Gasteiger partial charge in [-0.2, -0.15) is 0 Å². The second-order valence-corrected chi connectivity index (χ2v) is 8.59. The van der Waals surface area contributed by atoms with Crippen LogP contribution in [0.4, 0.5) is 4.39 Å². The van der Waals surface area contributed by atoms with E-state index in [9.17, 15) is 9.18 Å². The van der Waals surface area contributed by atoms with Gasteiger partial charge in [-0.1, -0.05) is 24.8 Å². The number of hydrogen-bond donors (Lipinski definition) is 2. The highest BCUT2D eigenvalue weighted by molar-refractivity contribution is 6.30. The van der Waals surface area contributed by atoms with Crippen LogP contribution in [-0.4, -0.2) is 75.9 Å². The smallest absolute Gasteiger partial charge is 0.195 e. The molecular formula is C27H36FN3O4. The average Bonchev–Trinajstić information content (AvgIpc) is 2.87. The molecule has 0 bridgehead atoms. The summed E-state index contributed by atoms with van der Waals surface area (Å²) in [5.41, 5.74) is 1.97. The summed E-state index contributed by atoms with van der Waals surface area (Å²) in [6.45, 7) is 14.6. The van der Waals surface area contributed by atoms with Crippen LogP contribution in [0, 0.1) is 0 Å². The van der Waals surface area contributed by atoms with E-state index < -0.39 is 11.9 Å². The van der Waals surface area contributed by atoms with E-state index in [1.807, 2.05) is 0 Å². The highest BCUT2D eigenvalue weighted by Crippen LogP contribution is 2.30. The Morgan fingerprint density at radius 2 is 2.06 bits per heavy atom. The van der Waals surface area contributed by atoms with Crippen molar-refractivity contribution < 1.29 is 23.4 Å². The lowest BCUT2D eigenvalue weighted by molar-refractivity contribution is -0.111. The summed E-state index contributed by atoms with van der Waals surface area (Å²) in [5, 5.41) is 6.47. The molecule has 0 aromatic heterocycles. The summed E-state index contributed by atoms with van der Waals surface area (Å²) >= 11 is 0. The molecule has 2 heterocycles. The molecule has 1 aromatic carbocycles. The van der Waals surface area contributed by atoms with Gasteiger partial charge in [0.15, 0.2) is 5.78 Å². The molecule has 0 radical (unpaired) electrons. The second-order valence-electron chi connectivity index (χ2n) is 8.59. The van der Waals surface area contributed by atoms with Gasteiger partial charge in [-0.05, 0) is 24.6 Å². The minimum Gasteiger partial charge on any atom is -0.497 e. The van der Waals surface area contributed by atoms with Crippen LogP contribution in [0.3, 0.4) is 0 Å². The number of nitrogens with one attached hydrogen (secondary N) is 2. The van der Waals surface area contributed by atoms with Gasteiger partial charge in [0.1, 0.15) is 11.6 Å². The molecule has 2 aliphatic rings. The van der Waals surface area contributed by atoms with E-state index in [1.165, 1.54) is 6.92 Å². The Morgan fingerprint density at radius 1 is 1.34 bits per heavy atom. The van der Waals surface area contributed by atoms with E-state index in [-0.39, 0.29) is 17.5 Å². The van der Waals surface area contributed by atoms with E-state index >= 15 is 0 Å². The lowest BCUT2D eigenvalue weighted by atomic mass is 9.87. The summed E-state index contributed by atoms with van der Waals surface area (Å²) < 4.78 is 31.0. The number of halogens is 1. The van der Waals surface area contributed by atoms with Crippen molar-refractivity contribution in [3.05, 3.63) is 72.4 Å². The molecule has 2 unspecified atom stereocenters. The zero-order valence-corrected chi connectivity index (χ0v) is 20.6. The fourth-order valence-corrected chi connectivity index (χ4v) is 4.14. The highest BCUT2D eigenvalue weighted by Gasteiger charge is 2.32. The first-order valence-corrected chi connectivity index (χ1v) is 11.9. The van der Waals surface area contributed by atoms with Gasteiger partial charge in [-0.3, -0.25) is 9.69 Å². The molecule has 190 valence electrons. The number of carbonyl (C=O) groups excluding carboxylic acids is 1. The van der Waals surface area contributed by atoms with Crippen LogP contribution in [0.2, 0.25) is 0 Å². The number of hydrogen-bond acceptors (Lipinski definition) is 7. The van der Waals surface area contributed by atoms with Gasteiger partial charge in [0.2, 0.25) is 0 Å². The number of benzene rings is 1. The third-order valence-corrected chi connectivity index (χ3v) is 6.15. The predicted molar refractivity (Wildman–Crippen MR) is 136 cm³/mol. The predicted octanol–water partition coefficient (Wildman–Crippen LogP) is 3.22. The number of ketones is 1. The Balaban J connectivity index is 1.55. The van der Waals surface area contributed by atoms with Crippen LogP contribution in [0.25, 0.3) is 5.57 Å². The van der Waals surface area contributed by atoms with Gasteiger partial charge >= 0.3 is 0 Å². The van der Waals surface area contributed by atoms with Gasteiger partial charge in [0.25, 0.3) is 0 Å². The van der Waals surface area contributed by atoms with E-state index in [0.29, 0.717) is 29.9 Å². The highest BCUT2D eigenvalue weighted by atomic mass is 19.1. The summed E-state index contributed by atoms with van der Waals surface area (Å²) in [6, 6.07) is 6.57. The van der Waals surface area contributed by atoms with Crippen molar-refractivity contribution >= 4 is 11.4 Å². The number of ether oxygens (including phenoxy) is 3. The molecule has 0 aliphatic carbocycles. The van der Waals surface area contributed by atoms with Gasteiger partial charge in [-0.15, -0.1) is 6.58 Å². The molecule has 1 aromatic rings. The normalized spacial score (nSPS) is 20.9. The number of methoxy groups -OCH3 is 1. The average molecular weight is 486 g/mol. The van der Waals surface area contributed by atoms with Crippen molar-refractivity contribution in [3.63, 3.8) is 0 Å². The largest absolute Gasteiger partial charge is 0.497 e. The first-order chi connectivity index (χ1) is 16.9. The molecular weight excluding hydrogens is 449 g/mol. The topological polar surface area (TPSA) is 72.1 Å². The zero-order valence-electron chi connectivity index (χ0n) is 20.6. The number of rotatable bonds is 12. The fourth-order valence-electron chi connectivity index (χ4n) is 4.14. The van der Waals surface area contributed by atoms with E-state index in [0.717, 1.165) is 45.1 Å². The third-order valence-electron chi connectivity index (χ3n) is 6.15. The standard InChI is InChI=1S/C27H36FN3O4/c1-5-22(35-18-19(2)29-10-11-31-12-14-34-15-13-31)16-25-26(20(3)28)27(32)24(17-30-25)21-6-8-23(33-4)9-7-21/h5-9,17,22,25,29-30H,1-2,10-16,18H2,3-4H3/b26-20-. The molecule has 0 amide bonds. The number of allylic oxidation sites excluding steroid dienone is 2. The first-order valence-electron chi connectivity index (χ1n) is 11.9. The SMILES string of the molecule is C=CC(CC1NC=C(c2ccc(OC)cc2)C(=O)/C1=C(/C)F)OCC(=C)NCCN1CCOCC1. The molecule has 7 nitrogen and oxygen atoms in total. The maximum absolute atomic E-state index is 14.5. The maximum atomic E-state index is 14.5. The lowest BCUT2D eigenvalue weighted by Crippen LogP contribution is -2.40. The molecule has 3 rings (SSSR count). The van der Waals surface area contributed by atoms with E-state index in [2.05, 4.69) is 28.7 Å². The Hall–Kier alpha value is -2.94. The monoisotopic (exact) mass is 485 g/mol. The lowest BCUT2D eigenvalue weighted by Gasteiger charge is -2.29. The van der Waals surface area contributed by atoms with Crippen LogP contribution < -0.4 is 15.4 Å². The number of morpholine rings is 1. The zero-order chi connectivity index (χ0) is 25.2. The number of Topliss-reactive ketones (excluding diaryl/α,β-unsaturated/α-hetero) is 1. The van der Waals surface area contributed by atoms with Crippen LogP contribution in [0.15, 0.2) is 66.8 Å². The van der Waals surface area contributed by atoms with Crippen LogP contribution in [0.5, 0.6) is 5.75 Å². The summed E-state index contributed by atoms with van der Waals surface area (Å²) in [7, 11) is 1.58. The summed E-state index contributed by atoms with van der Waals surface area (Å²) in [5.74, 6) is -0.163. The molecule has 1 saturated heterocycles. The molecule has 0 saturated carbocycles. The number of nitrogens with zero attached hydrogens (tertiary/aromatic N) is 1. The molecule has 2 atom stereocenters.